The number of nitrogens with one attached hydrogen (secondary N) is 1. The van der Waals surface area contributed by atoms with Crippen LogP contribution in [0.25, 0.3) is 0 Å². The van der Waals surface area contributed by atoms with E-state index in [-0.39, 0.29) is 11.5 Å². The van der Waals surface area contributed by atoms with Crippen LogP contribution in [0.3, 0.4) is 0 Å². The fourth-order valence-electron chi connectivity index (χ4n) is 1.67. The highest BCUT2D eigenvalue weighted by atomic mass is 32.2. The van der Waals surface area contributed by atoms with Gasteiger partial charge in [0.1, 0.15) is 6.61 Å². The number of sulfonamides is 1. The van der Waals surface area contributed by atoms with Crippen molar-refractivity contribution in [3.05, 3.63) is 29.3 Å². The molecule has 0 heterocycles. The summed E-state index contributed by atoms with van der Waals surface area (Å²) in [5.41, 5.74) is 1.26. The molecule has 0 fully saturated rings. The van der Waals surface area contributed by atoms with Gasteiger partial charge in [-0.1, -0.05) is 31.8 Å². The summed E-state index contributed by atoms with van der Waals surface area (Å²) in [6.45, 7) is 6.02. The predicted molar refractivity (Wildman–Crippen MR) is 79.8 cm³/mol. The molecule has 0 aliphatic carbocycles. The molecule has 0 radical (unpaired) electrons. The molecule has 0 bridgehead atoms. The summed E-state index contributed by atoms with van der Waals surface area (Å²) >= 11 is 0. The molecule has 110 valence electrons. The van der Waals surface area contributed by atoms with E-state index in [0.29, 0.717) is 23.6 Å². The highest BCUT2D eigenvalue weighted by Crippen LogP contribution is 2.16. The van der Waals surface area contributed by atoms with Gasteiger partial charge in [0.15, 0.2) is 0 Å². The van der Waals surface area contributed by atoms with Crippen molar-refractivity contribution in [1.29, 1.82) is 0 Å². The molecular weight excluding hydrogens is 274 g/mol. The second kappa shape index (κ2) is 7.44. The van der Waals surface area contributed by atoms with Gasteiger partial charge in [0.05, 0.1) is 4.90 Å². The van der Waals surface area contributed by atoms with Crippen molar-refractivity contribution < 1.29 is 13.5 Å². The Kier molecular flexibility index (Phi) is 6.21. The molecule has 0 saturated carbocycles. The molecule has 0 atom stereocenters. The molecule has 0 saturated heterocycles. The first-order chi connectivity index (χ1) is 9.36. The lowest BCUT2D eigenvalue weighted by Gasteiger charge is -2.10. The lowest BCUT2D eigenvalue weighted by molar-refractivity contribution is 0.350. The first-order valence-electron chi connectivity index (χ1n) is 6.57. The lowest BCUT2D eigenvalue weighted by Crippen LogP contribution is -2.26. The number of aliphatic hydroxyl groups is 1. The molecule has 0 unspecified atom stereocenters. The van der Waals surface area contributed by atoms with E-state index >= 15 is 0 Å². The molecule has 0 spiro atoms. The monoisotopic (exact) mass is 295 g/mol. The molecule has 0 aliphatic heterocycles. The maximum atomic E-state index is 12.3. The molecule has 5 heteroatoms. The zero-order chi connectivity index (χ0) is 15.2. The topological polar surface area (TPSA) is 66.4 Å². The molecule has 1 rings (SSSR count). The zero-order valence-corrected chi connectivity index (χ0v) is 12.9. The quantitative estimate of drug-likeness (QED) is 0.812. The van der Waals surface area contributed by atoms with Crippen LogP contribution in [0.2, 0.25) is 0 Å². The fraction of sp³-hybridized carbons (Fsp3) is 0.467. The highest BCUT2D eigenvalue weighted by molar-refractivity contribution is 7.89. The van der Waals surface area contributed by atoms with Crippen molar-refractivity contribution in [3.63, 3.8) is 0 Å². The lowest BCUT2D eigenvalue weighted by atomic mass is 10.1. The minimum absolute atomic E-state index is 0.242. The third kappa shape index (κ3) is 4.97. The van der Waals surface area contributed by atoms with Gasteiger partial charge in [-0.25, -0.2) is 13.1 Å². The minimum Gasteiger partial charge on any atom is -0.384 e. The van der Waals surface area contributed by atoms with E-state index in [0.717, 1.165) is 6.42 Å². The number of aliphatic hydroxyl groups excluding tert-OH is 1. The Bertz CT molecular complexity index is 610. The van der Waals surface area contributed by atoms with E-state index in [2.05, 4.69) is 16.6 Å². The van der Waals surface area contributed by atoms with E-state index in [4.69, 9.17) is 5.11 Å². The molecular formula is C15H21NO3S. The Labute approximate surface area is 121 Å². The highest BCUT2D eigenvalue weighted by Gasteiger charge is 2.16. The third-order valence-corrected chi connectivity index (χ3v) is 4.41. The molecule has 4 nitrogen and oxygen atoms in total. The molecule has 0 aromatic heterocycles. The summed E-state index contributed by atoms with van der Waals surface area (Å²) in [6.07, 6.45) is 0.794. The zero-order valence-electron chi connectivity index (χ0n) is 12.1. The summed E-state index contributed by atoms with van der Waals surface area (Å²) in [6, 6.07) is 5.00. The maximum Gasteiger partial charge on any atom is 0.240 e. The van der Waals surface area contributed by atoms with Crippen LogP contribution in [-0.2, 0) is 10.0 Å². The van der Waals surface area contributed by atoms with Gasteiger partial charge in [-0.15, -0.1) is 0 Å². The van der Waals surface area contributed by atoms with Crippen LogP contribution in [0.15, 0.2) is 23.1 Å². The van der Waals surface area contributed by atoms with E-state index in [1.165, 1.54) is 6.07 Å². The van der Waals surface area contributed by atoms with Gasteiger partial charge in [-0.05, 0) is 37.0 Å². The summed E-state index contributed by atoms with van der Waals surface area (Å²) in [5, 5.41) is 8.68. The van der Waals surface area contributed by atoms with Gasteiger partial charge in [0, 0.05) is 12.1 Å². The standard InChI is InChI=1S/C15H21NO3S/c1-12(2)8-9-16-20(18,19)15-11-14(5-4-10-17)7-6-13(15)3/h6-7,11-12,16-17H,8-10H2,1-3H3. The Balaban J connectivity index is 2.98. The second-order valence-electron chi connectivity index (χ2n) is 5.02. The number of hydrogen-bond donors (Lipinski definition) is 2. The summed E-state index contributed by atoms with van der Waals surface area (Å²) in [7, 11) is -3.51. The van der Waals surface area contributed by atoms with Crippen LogP contribution in [0.4, 0.5) is 0 Å². The first kappa shape index (κ1) is 16.7. The molecule has 0 amide bonds. The largest absolute Gasteiger partial charge is 0.384 e. The average molecular weight is 295 g/mol. The van der Waals surface area contributed by atoms with Gasteiger partial charge in [-0.2, -0.15) is 0 Å². The summed E-state index contributed by atoms with van der Waals surface area (Å²) in [5.74, 6) is 5.67. The van der Waals surface area contributed by atoms with Crippen molar-refractivity contribution in [2.24, 2.45) is 5.92 Å². The van der Waals surface area contributed by atoms with Gasteiger partial charge < -0.3 is 5.11 Å². The van der Waals surface area contributed by atoms with E-state index in [1.807, 2.05) is 13.8 Å². The van der Waals surface area contributed by atoms with Gasteiger partial charge in [0.25, 0.3) is 0 Å². The normalized spacial score (nSPS) is 11.2. The average Bonchev–Trinajstić information content (AvgIpc) is 2.36. The number of aryl methyl sites for hydroxylation is 1. The van der Waals surface area contributed by atoms with E-state index in [9.17, 15) is 8.42 Å². The Morgan fingerprint density at radius 3 is 2.65 bits per heavy atom. The predicted octanol–water partition coefficient (Wildman–Crippen LogP) is 1.66. The Morgan fingerprint density at radius 2 is 2.05 bits per heavy atom. The Morgan fingerprint density at radius 1 is 1.35 bits per heavy atom. The van der Waals surface area contributed by atoms with Crippen LogP contribution >= 0.6 is 0 Å². The van der Waals surface area contributed by atoms with Crippen molar-refractivity contribution in [3.8, 4) is 11.8 Å². The minimum atomic E-state index is -3.51. The summed E-state index contributed by atoms with van der Waals surface area (Å²) < 4.78 is 27.1. The smallest absolute Gasteiger partial charge is 0.240 e. The van der Waals surface area contributed by atoms with Crippen LogP contribution in [-0.4, -0.2) is 26.7 Å². The van der Waals surface area contributed by atoms with Gasteiger partial charge in [0.2, 0.25) is 10.0 Å². The number of rotatable bonds is 5. The van der Waals surface area contributed by atoms with Crippen LogP contribution in [0.5, 0.6) is 0 Å². The maximum absolute atomic E-state index is 12.3. The van der Waals surface area contributed by atoms with Gasteiger partial charge >= 0.3 is 0 Å². The fourth-order valence-corrected chi connectivity index (χ4v) is 2.98. The summed E-state index contributed by atoms with van der Waals surface area (Å²) in [4.78, 5) is 0.242. The second-order valence-corrected chi connectivity index (χ2v) is 6.76. The first-order valence-corrected chi connectivity index (χ1v) is 8.05. The van der Waals surface area contributed by atoms with Crippen molar-refractivity contribution >= 4 is 10.0 Å². The molecule has 0 aliphatic rings. The van der Waals surface area contributed by atoms with Crippen LogP contribution < -0.4 is 4.72 Å². The SMILES string of the molecule is Cc1ccc(C#CCO)cc1S(=O)(=O)NCCC(C)C. The molecule has 2 N–H and O–H groups in total. The van der Waals surface area contributed by atoms with E-state index in [1.54, 1.807) is 19.1 Å². The Hall–Kier alpha value is -1.35. The van der Waals surface area contributed by atoms with E-state index < -0.39 is 10.0 Å². The third-order valence-electron chi connectivity index (χ3n) is 2.80. The van der Waals surface area contributed by atoms with Crippen molar-refractivity contribution in [2.75, 3.05) is 13.2 Å². The molecule has 1 aromatic carbocycles. The van der Waals surface area contributed by atoms with Crippen molar-refractivity contribution in [1.82, 2.24) is 4.72 Å². The van der Waals surface area contributed by atoms with Crippen LogP contribution in [0.1, 0.15) is 31.4 Å². The number of hydrogen-bond acceptors (Lipinski definition) is 3. The number of benzene rings is 1. The molecule has 20 heavy (non-hydrogen) atoms. The van der Waals surface area contributed by atoms with Gasteiger partial charge in [-0.3, -0.25) is 0 Å². The molecule has 1 aromatic rings. The van der Waals surface area contributed by atoms with Crippen molar-refractivity contribution in [2.45, 2.75) is 32.1 Å². The van der Waals surface area contributed by atoms with Crippen LogP contribution in [0, 0.1) is 24.7 Å².